The lowest BCUT2D eigenvalue weighted by Crippen LogP contribution is -2.42. The minimum Gasteiger partial charge on any atom is -0.497 e. The Morgan fingerprint density at radius 3 is 2.56 bits per heavy atom. The number of carbonyl (C=O) groups is 2. The van der Waals surface area contributed by atoms with Crippen molar-refractivity contribution in [2.45, 2.75) is 11.8 Å². The van der Waals surface area contributed by atoms with Gasteiger partial charge in [0.05, 0.1) is 27.3 Å². The Hall–Kier alpha value is -1.77. The van der Waals surface area contributed by atoms with Crippen molar-refractivity contribution in [3.63, 3.8) is 0 Å². The Bertz CT molecular complexity index is 611. The molecule has 1 aromatic rings. The normalized spacial score (nSPS) is 16.6. The molecule has 1 aliphatic heterocycles. The van der Waals surface area contributed by atoms with Crippen molar-refractivity contribution in [1.82, 2.24) is 9.80 Å². The molecule has 27 heavy (non-hydrogen) atoms. The van der Waals surface area contributed by atoms with E-state index in [1.807, 2.05) is 34.1 Å². The molecule has 0 aliphatic carbocycles. The van der Waals surface area contributed by atoms with Crippen LogP contribution in [-0.4, -0.2) is 81.5 Å². The van der Waals surface area contributed by atoms with E-state index in [4.69, 9.17) is 14.2 Å². The van der Waals surface area contributed by atoms with Gasteiger partial charge in [0, 0.05) is 32.6 Å². The molecule has 1 unspecified atom stereocenters. The van der Waals surface area contributed by atoms with Crippen LogP contribution in [0.2, 0.25) is 0 Å². The molecule has 0 saturated carbocycles. The van der Waals surface area contributed by atoms with E-state index in [9.17, 15) is 9.59 Å². The molecule has 7 nitrogen and oxygen atoms in total. The van der Waals surface area contributed by atoms with Gasteiger partial charge in [0.1, 0.15) is 11.1 Å². The Morgan fingerprint density at radius 1 is 1.19 bits per heavy atom. The fraction of sp³-hybridized carbons (Fsp3) is 0.579. The summed E-state index contributed by atoms with van der Waals surface area (Å²) in [6.07, 6.45) is 0.747. The number of carbonyl (C=O) groups excluding carboxylic acids is 2. The van der Waals surface area contributed by atoms with Gasteiger partial charge in [-0.15, -0.1) is 11.8 Å². The standard InChI is InChI=1S/C19H28N2O5S/c1-24-11-4-9-20(14-18(23)26-3)13-17(22)21-10-12-27-19(21)15-5-7-16(25-2)8-6-15/h5-8,19H,4,9-14H2,1-3H3. The van der Waals surface area contributed by atoms with Gasteiger partial charge in [0.15, 0.2) is 0 Å². The van der Waals surface area contributed by atoms with E-state index in [1.165, 1.54) is 7.11 Å². The molecular formula is C19H28N2O5S. The lowest BCUT2D eigenvalue weighted by molar-refractivity contribution is -0.143. The topological polar surface area (TPSA) is 68.3 Å². The molecule has 1 saturated heterocycles. The number of methoxy groups -OCH3 is 3. The van der Waals surface area contributed by atoms with Crippen LogP contribution in [0.25, 0.3) is 0 Å². The highest BCUT2D eigenvalue weighted by molar-refractivity contribution is 7.99. The molecule has 1 aliphatic rings. The molecule has 1 atom stereocenters. The maximum Gasteiger partial charge on any atom is 0.319 e. The highest BCUT2D eigenvalue weighted by Gasteiger charge is 2.31. The van der Waals surface area contributed by atoms with E-state index in [0.29, 0.717) is 19.7 Å². The van der Waals surface area contributed by atoms with Crippen LogP contribution in [-0.2, 0) is 19.1 Å². The summed E-state index contributed by atoms with van der Waals surface area (Å²) in [5.41, 5.74) is 1.07. The van der Waals surface area contributed by atoms with E-state index in [1.54, 1.807) is 26.0 Å². The highest BCUT2D eigenvalue weighted by Crippen LogP contribution is 2.38. The quantitative estimate of drug-likeness (QED) is 0.441. The van der Waals surface area contributed by atoms with Crippen LogP contribution in [0.5, 0.6) is 5.75 Å². The minimum absolute atomic E-state index is 0.0117. The maximum atomic E-state index is 12.9. The van der Waals surface area contributed by atoms with Crippen LogP contribution >= 0.6 is 11.8 Å². The predicted octanol–water partition coefficient (Wildman–Crippen LogP) is 1.78. The van der Waals surface area contributed by atoms with Gasteiger partial charge >= 0.3 is 5.97 Å². The molecular weight excluding hydrogens is 368 g/mol. The van der Waals surface area contributed by atoms with Crippen molar-refractivity contribution >= 4 is 23.6 Å². The number of ether oxygens (including phenoxy) is 3. The largest absolute Gasteiger partial charge is 0.497 e. The smallest absolute Gasteiger partial charge is 0.319 e. The highest BCUT2D eigenvalue weighted by atomic mass is 32.2. The predicted molar refractivity (Wildman–Crippen MR) is 105 cm³/mol. The second-order valence-electron chi connectivity index (χ2n) is 6.22. The molecule has 1 heterocycles. The van der Waals surface area contributed by atoms with Gasteiger partial charge in [0.2, 0.25) is 5.91 Å². The van der Waals surface area contributed by atoms with Gasteiger partial charge in [-0.3, -0.25) is 14.5 Å². The number of esters is 1. The number of hydrogen-bond acceptors (Lipinski definition) is 7. The second-order valence-corrected chi connectivity index (χ2v) is 7.40. The Morgan fingerprint density at radius 2 is 1.93 bits per heavy atom. The summed E-state index contributed by atoms with van der Waals surface area (Å²) in [6, 6.07) is 7.80. The second kappa shape index (κ2) is 11.2. The number of thioether (sulfide) groups is 1. The first-order valence-electron chi connectivity index (χ1n) is 8.92. The lowest BCUT2D eigenvalue weighted by Gasteiger charge is -2.28. The van der Waals surface area contributed by atoms with Gasteiger partial charge in [-0.25, -0.2) is 0 Å². The first kappa shape index (κ1) is 21.5. The summed E-state index contributed by atoms with van der Waals surface area (Å²) in [7, 11) is 4.62. The van der Waals surface area contributed by atoms with Crippen LogP contribution in [0.15, 0.2) is 24.3 Å². The van der Waals surface area contributed by atoms with Crippen molar-refractivity contribution in [3.05, 3.63) is 29.8 Å². The van der Waals surface area contributed by atoms with Crippen LogP contribution in [0, 0.1) is 0 Å². The number of benzene rings is 1. The van der Waals surface area contributed by atoms with Crippen LogP contribution in [0.4, 0.5) is 0 Å². The molecule has 0 N–H and O–H groups in total. The van der Waals surface area contributed by atoms with Gasteiger partial charge < -0.3 is 19.1 Å². The minimum atomic E-state index is -0.345. The fourth-order valence-electron chi connectivity index (χ4n) is 2.95. The molecule has 0 spiro atoms. The van der Waals surface area contributed by atoms with Crippen LogP contribution in [0.3, 0.4) is 0 Å². The Kier molecular flexibility index (Phi) is 8.90. The van der Waals surface area contributed by atoms with Gasteiger partial charge in [-0.1, -0.05) is 12.1 Å². The summed E-state index contributed by atoms with van der Waals surface area (Å²) in [6.45, 7) is 2.17. The number of rotatable bonds is 10. The monoisotopic (exact) mass is 396 g/mol. The van der Waals surface area contributed by atoms with Crippen molar-refractivity contribution in [1.29, 1.82) is 0 Å². The molecule has 0 bridgehead atoms. The molecule has 1 aromatic carbocycles. The van der Waals surface area contributed by atoms with Crippen LogP contribution in [0.1, 0.15) is 17.4 Å². The molecule has 1 amide bonds. The van der Waals surface area contributed by atoms with E-state index >= 15 is 0 Å². The third kappa shape index (κ3) is 6.41. The maximum absolute atomic E-state index is 12.9. The van der Waals surface area contributed by atoms with Gasteiger partial charge in [0.25, 0.3) is 0 Å². The summed E-state index contributed by atoms with van der Waals surface area (Å²) < 4.78 is 15.0. The molecule has 8 heteroatoms. The van der Waals surface area contributed by atoms with E-state index in [-0.39, 0.29) is 30.3 Å². The van der Waals surface area contributed by atoms with E-state index < -0.39 is 0 Å². The summed E-state index contributed by atoms with van der Waals surface area (Å²) in [4.78, 5) is 28.3. The summed E-state index contributed by atoms with van der Waals surface area (Å²) in [5.74, 6) is 1.36. The molecule has 1 fully saturated rings. The zero-order valence-corrected chi connectivity index (χ0v) is 17.0. The summed E-state index contributed by atoms with van der Waals surface area (Å²) in [5, 5.41) is -0.0117. The zero-order chi connectivity index (χ0) is 19.6. The van der Waals surface area contributed by atoms with Crippen molar-refractivity contribution in [2.75, 3.05) is 59.9 Å². The average Bonchev–Trinajstić information content (AvgIpc) is 3.18. The number of nitrogens with zero attached hydrogens (tertiary/aromatic N) is 2. The summed E-state index contributed by atoms with van der Waals surface area (Å²) >= 11 is 1.75. The average molecular weight is 397 g/mol. The molecule has 0 radical (unpaired) electrons. The molecule has 2 rings (SSSR count). The third-order valence-electron chi connectivity index (χ3n) is 4.37. The number of amides is 1. The number of hydrogen-bond donors (Lipinski definition) is 0. The van der Waals surface area contributed by atoms with Crippen molar-refractivity contribution in [3.8, 4) is 5.75 Å². The molecule has 150 valence electrons. The lowest BCUT2D eigenvalue weighted by atomic mass is 10.2. The Labute approximate surface area is 164 Å². The third-order valence-corrected chi connectivity index (χ3v) is 5.63. The fourth-order valence-corrected chi connectivity index (χ4v) is 4.22. The van der Waals surface area contributed by atoms with Crippen molar-refractivity contribution in [2.24, 2.45) is 0 Å². The first-order valence-corrected chi connectivity index (χ1v) is 9.97. The van der Waals surface area contributed by atoms with Gasteiger partial charge in [-0.2, -0.15) is 0 Å². The van der Waals surface area contributed by atoms with E-state index in [0.717, 1.165) is 23.5 Å². The Balaban J connectivity index is 2.01. The van der Waals surface area contributed by atoms with Gasteiger partial charge in [-0.05, 0) is 24.1 Å². The van der Waals surface area contributed by atoms with Crippen molar-refractivity contribution < 1.29 is 23.8 Å². The zero-order valence-electron chi connectivity index (χ0n) is 16.2. The molecule has 0 aromatic heterocycles. The first-order chi connectivity index (χ1) is 13.1. The SMILES string of the molecule is COCCCN(CC(=O)OC)CC(=O)N1CCSC1c1ccc(OC)cc1. The van der Waals surface area contributed by atoms with E-state index in [2.05, 4.69) is 0 Å². The van der Waals surface area contributed by atoms with Crippen LogP contribution < -0.4 is 4.74 Å².